The molecule has 5 nitrogen and oxygen atoms in total. The van der Waals surface area contributed by atoms with Crippen molar-refractivity contribution in [3.05, 3.63) is 58.1 Å². The summed E-state index contributed by atoms with van der Waals surface area (Å²) >= 11 is 12.3. The number of hydrogen-bond acceptors (Lipinski definition) is 3. The Hall–Kier alpha value is -2.24. The third-order valence-electron chi connectivity index (χ3n) is 3.75. The molecule has 0 aromatic heterocycles. The number of nitrogens with zero attached hydrogens (tertiary/aromatic N) is 2. The third kappa shape index (κ3) is 4.11. The van der Waals surface area contributed by atoms with Crippen LogP contribution in [-0.2, 0) is 0 Å². The zero-order valence-electron chi connectivity index (χ0n) is 14.5. The minimum absolute atomic E-state index is 0.0819. The minimum atomic E-state index is -0.145. The molecular weight excluding hydrogens is 373 g/mol. The van der Waals surface area contributed by atoms with Crippen LogP contribution in [0.25, 0.3) is 0 Å². The van der Waals surface area contributed by atoms with Crippen molar-refractivity contribution in [2.24, 2.45) is 4.99 Å². The molecule has 2 aromatic carbocycles. The second kappa shape index (κ2) is 7.98. The molecule has 1 heterocycles. The Balaban J connectivity index is 1.83. The van der Waals surface area contributed by atoms with Gasteiger partial charge in [0.05, 0.1) is 16.1 Å². The fraction of sp³-hybridized carbons (Fsp3) is 0.263. The van der Waals surface area contributed by atoms with Crippen molar-refractivity contribution >= 4 is 40.8 Å². The Morgan fingerprint density at radius 1 is 1.15 bits per heavy atom. The Morgan fingerprint density at radius 2 is 1.81 bits per heavy atom. The molecule has 0 spiro atoms. The van der Waals surface area contributed by atoms with Crippen LogP contribution in [0, 0.1) is 0 Å². The number of amides is 1. The number of carbonyl (C=O) groups is 1. The van der Waals surface area contributed by atoms with Crippen molar-refractivity contribution in [1.82, 2.24) is 10.2 Å². The number of rotatable bonds is 4. The van der Waals surface area contributed by atoms with Crippen LogP contribution in [0.3, 0.4) is 0 Å². The average Bonchev–Trinajstić information content (AvgIpc) is 3.06. The number of ether oxygens (including phenoxy) is 1. The topological polar surface area (TPSA) is 53.9 Å². The van der Waals surface area contributed by atoms with Crippen molar-refractivity contribution in [3.63, 3.8) is 0 Å². The van der Waals surface area contributed by atoms with Crippen molar-refractivity contribution < 1.29 is 9.53 Å². The van der Waals surface area contributed by atoms with Gasteiger partial charge < -0.3 is 10.1 Å². The average molecular weight is 392 g/mol. The highest BCUT2D eigenvalue weighted by Gasteiger charge is 2.26. The molecule has 2 aromatic rings. The number of halogens is 2. The van der Waals surface area contributed by atoms with Crippen LogP contribution in [0.4, 0.5) is 5.69 Å². The summed E-state index contributed by atoms with van der Waals surface area (Å²) in [5, 5.41) is 3.97. The minimum Gasteiger partial charge on any atom is -0.491 e. The molecule has 0 unspecified atom stereocenters. The Bertz CT molecular complexity index is 815. The predicted octanol–water partition coefficient (Wildman–Crippen LogP) is 4.51. The Labute approximate surface area is 162 Å². The number of guanidine groups is 1. The molecule has 0 bridgehead atoms. The first-order valence-electron chi connectivity index (χ1n) is 8.31. The summed E-state index contributed by atoms with van der Waals surface area (Å²) in [6.07, 6.45) is 0.0819. The van der Waals surface area contributed by atoms with Gasteiger partial charge in [0.2, 0.25) is 5.96 Å². The van der Waals surface area contributed by atoms with Crippen LogP contribution in [0.5, 0.6) is 5.75 Å². The van der Waals surface area contributed by atoms with Crippen molar-refractivity contribution in [1.29, 1.82) is 0 Å². The lowest BCUT2D eigenvalue weighted by Crippen LogP contribution is -2.35. The smallest absolute Gasteiger partial charge is 0.260 e. The molecule has 136 valence electrons. The maximum absolute atomic E-state index is 12.8. The molecule has 1 aliphatic rings. The van der Waals surface area contributed by atoms with Gasteiger partial charge in [0.25, 0.3) is 5.91 Å². The van der Waals surface area contributed by atoms with E-state index < -0.39 is 0 Å². The Kier molecular flexibility index (Phi) is 5.69. The molecule has 1 amide bonds. The number of benzene rings is 2. The SMILES string of the molecule is CC(C)Oc1ccc(C(=O)N2CCNC2=Nc2c(Cl)cccc2Cl)cc1. The number of carbonyl (C=O) groups excluding carboxylic acids is 1. The summed E-state index contributed by atoms with van der Waals surface area (Å²) in [6, 6.07) is 12.2. The zero-order valence-corrected chi connectivity index (χ0v) is 16.0. The van der Waals surface area contributed by atoms with E-state index in [4.69, 9.17) is 27.9 Å². The number of nitrogens with one attached hydrogen (secondary N) is 1. The lowest BCUT2D eigenvalue weighted by molar-refractivity contribution is 0.0859. The van der Waals surface area contributed by atoms with Gasteiger partial charge in [0.1, 0.15) is 11.4 Å². The van der Waals surface area contributed by atoms with Crippen LogP contribution in [0.15, 0.2) is 47.5 Å². The first-order chi connectivity index (χ1) is 12.5. The van der Waals surface area contributed by atoms with Crippen LogP contribution in [0.1, 0.15) is 24.2 Å². The van der Waals surface area contributed by atoms with Gasteiger partial charge in [0.15, 0.2) is 0 Å². The van der Waals surface area contributed by atoms with E-state index in [9.17, 15) is 4.79 Å². The van der Waals surface area contributed by atoms with Crippen molar-refractivity contribution in [3.8, 4) is 5.75 Å². The molecule has 3 rings (SSSR count). The van der Waals surface area contributed by atoms with Crippen LogP contribution >= 0.6 is 23.2 Å². The Morgan fingerprint density at radius 3 is 2.42 bits per heavy atom. The number of hydrogen-bond donors (Lipinski definition) is 1. The molecule has 0 radical (unpaired) electrons. The fourth-order valence-corrected chi connectivity index (χ4v) is 3.07. The summed E-state index contributed by atoms with van der Waals surface area (Å²) in [5.74, 6) is 1.02. The maximum Gasteiger partial charge on any atom is 0.260 e. The summed E-state index contributed by atoms with van der Waals surface area (Å²) in [5.41, 5.74) is 1.00. The summed E-state index contributed by atoms with van der Waals surface area (Å²) < 4.78 is 5.61. The number of aliphatic imine (C=N–C) groups is 1. The first kappa shape index (κ1) is 18.5. The summed E-state index contributed by atoms with van der Waals surface area (Å²) in [7, 11) is 0. The van der Waals surface area contributed by atoms with Crippen molar-refractivity contribution in [2.75, 3.05) is 13.1 Å². The van der Waals surface area contributed by atoms with Gasteiger partial charge in [-0.05, 0) is 50.2 Å². The summed E-state index contributed by atoms with van der Waals surface area (Å²) in [6.45, 7) is 5.04. The van der Waals surface area contributed by atoms with Gasteiger partial charge in [-0.1, -0.05) is 29.3 Å². The van der Waals surface area contributed by atoms with Crippen molar-refractivity contribution in [2.45, 2.75) is 20.0 Å². The summed E-state index contributed by atoms with van der Waals surface area (Å²) in [4.78, 5) is 18.9. The molecule has 26 heavy (non-hydrogen) atoms. The number of para-hydroxylation sites is 1. The van der Waals surface area contributed by atoms with E-state index in [-0.39, 0.29) is 12.0 Å². The van der Waals surface area contributed by atoms with E-state index in [1.54, 1.807) is 47.4 Å². The second-order valence-corrected chi connectivity index (χ2v) is 6.89. The zero-order chi connectivity index (χ0) is 18.7. The molecule has 1 saturated heterocycles. The fourth-order valence-electron chi connectivity index (χ4n) is 2.58. The van der Waals surface area contributed by atoms with E-state index >= 15 is 0 Å². The molecule has 1 fully saturated rings. The quantitative estimate of drug-likeness (QED) is 0.833. The molecule has 1 aliphatic heterocycles. The van der Waals surface area contributed by atoms with Gasteiger partial charge >= 0.3 is 0 Å². The lowest BCUT2D eigenvalue weighted by atomic mass is 10.2. The van der Waals surface area contributed by atoms with E-state index in [2.05, 4.69) is 10.3 Å². The van der Waals surface area contributed by atoms with Gasteiger partial charge in [-0.25, -0.2) is 4.99 Å². The molecule has 0 saturated carbocycles. The molecular formula is C19H19Cl2N3O2. The van der Waals surface area contributed by atoms with E-state index in [1.165, 1.54) is 0 Å². The second-order valence-electron chi connectivity index (χ2n) is 6.08. The molecule has 1 N–H and O–H groups in total. The van der Waals surface area contributed by atoms with E-state index in [0.29, 0.717) is 40.3 Å². The van der Waals surface area contributed by atoms with Gasteiger partial charge in [-0.15, -0.1) is 0 Å². The lowest BCUT2D eigenvalue weighted by Gasteiger charge is -2.17. The van der Waals surface area contributed by atoms with E-state index in [0.717, 1.165) is 5.75 Å². The predicted molar refractivity (Wildman–Crippen MR) is 105 cm³/mol. The monoisotopic (exact) mass is 391 g/mol. The first-order valence-corrected chi connectivity index (χ1v) is 9.06. The highest BCUT2D eigenvalue weighted by molar-refractivity contribution is 6.38. The maximum atomic E-state index is 12.8. The molecule has 0 atom stereocenters. The normalized spacial score (nSPS) is 15.4. The standard InChI is InChI=1S/C19H19Cl2N3O2/c1-12(2)26-14-8-6-13(7-9-14)18(25)24-11-10-22-19(24)23-17-15(20)4-3-5-16(17)21/h3-9,12H,10-11H2,1-2H3,(H,22,23). The molecule has 7 heteroatoms. The van der Waals surface area contributed by atoms with Crippen LogP contribution in [-0.4, -0.2) is 36.0 Å². The highest BCUT2D eigenvalue weighted by Crippen LogP contribution is 2.33. The third-order valence-corrected chi connectivity index (χ3v) is 4.36. The van der Waals surface area contributed by atoms with Crippen LogP contribution < -0.4 is 10.1 Å². The molecule has 0 aliphatic carbocycles. The van der Waals surface area contributed by atoms with Gasteiger partial charge in [0, 0.05) is 18.7 Å². The highest BCUT2D eigenvalue weighted by atomic mass is 35.5. The largest absolute Gasteiger partial charge is 0.491 e. The van der Waals surface area contributed by atoms with Gasteiger partial charge in [-0.2, -0.15) is 0 Å². The van der Waals surface area contributed by atoms with Gasteiger partial charge in [-0.3, -0.25) is 9.69 Å². The van der Waals surface area contributed by atoms with Crippen LogP contribution in [0.2, 0.25) is 10.0 Å². The van der Waals surface area contributed by atoms with E-state index in [1.807, 2.05) is 13.8 Å².